The summed E-state index contributed by atoms with van der Waals surface area (Å²) in [7, 11) is 1.43. The Hall–Kier alpha value is -3.68. The minimum absolute atomic E-state index is 0.0182. The molecule has 8 heteroatoms. The van der Waals surface area contributed by atoms with Crippen LogP contribution in [0, 0.1) is 0 Å². The maximum Gasteiger partial charge on any atom is 0.408 e. The van der Waals surface area contributed by atoms with E-state index in [1.54, 1.807) is 42.5 Å². The van der Waals surface area contributed by atoms with Gasteiger partial charge in [0.05, 0.1) is 13.0 Å². The lowest BCUT2D eigenvalue weighted by molar-refractivity contribution is -0.126. The van der Waals surface area contributed by atoms with E-state index >= 15 is 0 Å². The Kier molecular flexibility index (Phi) is 8.37. The van der Waals surface area contributed by atoms with Gasteiger partial charge >= 0.3 is 6.09 Å². The first-order chi connectivity index (χ1) is 14.0. The van der Waals surface area contributed by atoms with E-state index in [2.05, 4.69) is 10.6 Å². The number of rotatable bonds is 9. The second-order valence-corrected chi connectivity index (χ2v) is 6.09. The monoisotopic (exact) mass is 397 g/mol. The summed E-state index contributed by atoms with van der Waals surface area (Å²) < 4.78 is 5.15. The molecule has 8 nitrogen and oxygen atoms in total. The highest BCUT2D eigenvalue weighted by molar-refractivity contribution is 6.02. The Bertz CT molecular complexity index is 827. The minimum Gasteiger partial charge on any atom is -0.445 e. The summed E-state index contributed by atoms with van der Waals surface area (Å²) in [5, 5.41) is 4.85. The van der Waals surface area contributed by atoms with Gasteiger partial charge in [0.1, 0.15) is 18.9 Å². The first-order valence-electron chi connectivity index (χ1n) is 9.03. The van der Waals surface area contributed by atoms with Gasteiger partial charge in [-0.1, -0.05) is 48.5 Å². The predicted molar refractivity (Wildman–Crippen MR) is 107 cm³/mol. The molecule has 2 aromatic rings. The molecule has 0 radical (unpaired) electrons. The number of hydrogen-bond donors (Lipinski definition) is 2. The SMILES string of the molecule is CNC(=O)CC(NC(=O)OCc1ccccc1)C(=O)N(CC=O)c1ccccc1. The lowest BCUT2D eigenvalue weighted by Crippen LogP contribution is -2.51. The molecule has 0 fully saturated rings. The topological polar surface area (TPSA) is 105 Å². The molecule has 3 amide bonds. The van der Waals surface area contributed by atoms with Gasteiger partial charge in [-0.25, -0.2) is 4.79 Å². The minimum atomic E-state index is -1.20. The molecule has 2 aromatic carbocycles. The molecule has 2 N–H and O–H groups in total. The van der Waals surface area contributed by atoms with Crippen molar-refractivity contribution in [2.24, 2.45) is 0 Å². The predicted octanol–water partition coefficient (Wildman–Crippen LogP) is 1.65. The maximum atomic E-state index is 13.0. The van der Waals surface area contributed by atoms with Gasteiger partial charge in [-0.3, -0.25) is 9.59 Å². The largest absolute Gasteiger partial charge is 0.445 e. The van der Waals surface area contributed by atoms with Gasteiger partial charge in [0.2, 0.25) is 5.91 Å². The Balaban J connectivity index is 2.12. The highest BCUT2D eigenvalue weighted by Crippen LogP contribution is 2.15. The zero-order valence-electron chi connectivity index (χ0n) is 16.0. The number of carbonyl (C=O) groups is 4. The molecule has 0 heterocycles. The first-order valence-corrected chi connectivity index (χ1v) is 9.03. The summed E-state index contributed by atoms with van der Waals surface area (Å²) in [6, 6.07) is 16.4. The van der Waals surface area contributed by atoms with Gasteiger partial charge in [0.25, 0.3) is 5.91 Å². The second-order valence-electron chi connectivity index (χ2n) is 6.09. The van der Waals surface area contributed by atoms with Crippen molar-refractivity contribution >= 4 is 29.9 Å². The third-order valence-corrected chi connectivity index (χ3v) is 4.06. The number of anilines is 1. The number of hydrogen-bond acceptors (Lipinski definition) is 5. The Morgan fingerprint density at radius 1 is 1.03 bits per heavy atom. The van der Waals surface area contributed by atoms with Crippen LogP contribution in [0.3, 0.4) is 0 Å². The van der Waals surface area contributed by atoms with Gasteiger partial charge in [0, 0.05) is 12.7 Å². The molecule has 29 heavy (non-hydrogen) atoms. The molecular formula is C21H23N3O5. The van der Waals surface area contributed by atoms with E-state index in [0.717, 1.165) is 5.56 Å². The Labute approximate surface area is 168 Å². The van der Waals surface area contributed by atoms with Gasteiger partial charge in [-0.05, 0) is 17.7 Å². The summed E-state index contributed by atoms with van der Waals surface area (Å²) >= 11 is 0. The van der Waals surface area contributed by atoms with Crippen molar-refractivity contribution in [3.63, 3.8) is 0 Å². The zero-order valence-corrected chi connectivity index (χ0v) is 16.0. The van der Waals surface area contributed by atoms with Crippen molar-refractivity contribution in [3.05, 3.63) is 66.2 Å². The molecule has 0 aromatic heterocycles. The van der Waals surface area contributed by atoms with E-state index in [-0.39, 0.29) is 19.6 Å². The molecule has 1 unspecified atom stereocenters. The van der Waals surface area contributed by atoms with Crippen molar-refractivity contribution in [3.8, 4) is 0 Å². The number of para-hydroxylation sites is 1. The number of aldehydes is 1. The van der Waals surface area contributed by atoms with E-state index in [1.165, 1.54) is 11.9 Å². The standard InChI is InChI=1S/C21H23N3O5/c1-22-19(26)14-18(23-21(28)29-15-16-8-4-2-5-9-16)20(27)24(12-13-25)17-10-6-3-7-11-17/h2-11,13,18H,12,14-15H2,1H3,(H,22,26)(H,23,28). The number of nitrogens with zero attached hydrogens (tertiary/aromatic N) is 1. The molecule has 0 bridgehead atoms. The molecule has 1 atom stereocenters. The van der Waals surface area contributed by atoms with Gasteiger partial charge < -0.3 is 25.1 Å². The summed E-state index contributed by atoms with van der Waals surface area (Å²) in [6.07, 6.45) is -0.553. The molecule has 0 aliphatic rings. The van der Waals surface area contributed by atoms with Gasteiger partial charge in [0.15, 0.2) is 0 Å². The van der Waals surface area contributed by atoms with E-state index in [9.17, 15) is 19.2 Å². The molecule has 152 valence electrons. The molecule has 0 aliphatic carbocycles. The van der Waals surface area contributed by atoms with Gasteiger partial charge in [-0.15, -0.1) is 0 Å². The average molecular weight is 397 g/mol. The number of benzene rings is 2. The Morgan fingerprint density at radius 3 is 2.24 bits per heavy atom. The van der Waals surface area contributed by atoms with Crippen LogP contribution in [0.15, 0.2) is 60.7 Å². The lowest BCUT2D eigenvalue weighted by atomic mass is 10.1. The van der Waals surface area contributed by atoms with Crippen LogP contribution in [0.5, 0.6) is 0 Å². The molecular weight excluding hydrogens is 374 g/mol. The summed E-state index contributed by atoms with van der Waals surface area (Å²) in [5.41, 5.74) is 1.26. The van der Waals surface area contributed by atoms with Crippen LogP contribution in [0.2, 0.25) is 0 Å². The fourth-order valence-corrected chi connectivity index (χ4v) is 2.59. The van der Waals surface area contributed by atoms with Crippen molar-refractivity contribution < 1.29 is 23.9 Å². The van der Waals surface area contributed by atoms with E-state index in [4.69, 9.17) is 4.74 Å². The number of carbonyl (C=O) groups excluding carboxylic acids is 4. The molecule has 0 spiro atoms. The van der Waals surface area contributed by atoms with Crippen LogP contribution >= 0.6 is 0 Å². The Morgan fingerprint density at radius 2 is 1.66 bits per heavy atom. The molecule has 0 aliphatic heterocycles. The van der Waals surface area contributed by atoms with E-state index in [0.29, 0.717) is 12.0 Å². The van der Waals surface area contributed by atoms with Crippen LogP contribution in [0.1, 0.15) is 12.0 Å². The van der Waals surface area contributed by atoms with Crippen molar-refractivity contribution in [2.75, 3.05) is 18.5 Å². The second kappa shape index (κ2) is 11.2. The average Bonchev–Trinajstić information content (AvgIpc) is 2.76. The smallest absolute Gasteiger partial charge is 0.408 e. The van der Waals surface area contributed by atoms with Crippen molar-refractivity contribution in [2.45, 2.75) is 19.1 Å². The van der Waals surface area contributed by atoms with Crippen LogP contribution in [0.25, 0.3) is 0 Å². The maximum absolute atomic E-state index is 13.0. The zero-order chi connectivity index (χ0) is 21.1. The number of ether oxygens (including phenoxy) is 1. The molecule has 0 saturated heterocycles. The normalized spacial score (nSPS) is 11.1. The quantitative estimate of drug-likeness (QED) is 0.626. The van der Waals surface area contributed by atoms with Gasteiger partial charge in [-0.2, -0.15) is 0 Å². The summed E-state index contributed by atoms with van der Waals surface area (Å²) in [4.78, 5) is 49.4. The van der Waals surface area contributed by atoms with Crippen LogP contribution in [0.4, 0.5) is 10.5 Å². The highest BCUT2D eigenvalue weighted by Gasteiger charge is 2.29. The first kappa shape index (κ1) is 21.6. The third-order valence-electron chi connectivity index (χ3n) is 4.06. The fraction of sp³-hybridized carbons (Fsp3) is 0.238. The third kappa shape index (κ3) is 6.76. The number of alkyl carbamates (subject to hydrolysis) is 1. The van der Waals surface area contributed by atoms with Crippen LogP contribution in [-0.4, -0.2) is 43.8 Å². The molecule has 2 rings (SSSR count). The highest BCUT2D eigenvalue weighted by atomic mass is 16.5. The van der Waals surface area contributed by atoms with Crippen LogP contribution in [-0.2, 0) is 25.7 Å². The van der Waals surface area contributed by atoms with Crippen molar-refractivity contribution in [1.29, 1.82) is 0 Å². The molecule has 0 saturated carbocycles. The number of nitrogens with one attached hydrogen (secondary N) is 2. The summed E-state index contributed by atoms with van der Waals surface area (Å²) in [5.74, 6) is -1.03. The van der Waals surface area contributed by atoms with Crippen molar-refractivity contribution in [1.82, 2.24) is 10.6 Å². The van der Waals surface area contributed by atoms with E-state index in [1.807, 2.05) is 18.2 Å². The van der Waals surface area contributed by atoms with Crippen LogP contribution < -0.4 is 15.5 Å². The fourth-order valence-electron chi connectivity index (χ4n) is 2.59. The number of amides is 3. The lowest BCUT2D eigenvalue weighted by Gasteiger charge is -2.26. The summed E-state index contributed by atoms with van der Waals surface area (Å²) in [6.45, 7) is -0.196. The van der Waals surface area contributed by atoms with E-state index < -0.39 is 23.9 Å².